The average molecular weight is 127 g/mol. The number of hydrogen-bond donors (Lipinski definition) is 0. The van der Waals surface area contributed by atoms with Crippen molar-refractivity contribution in [1.82, 2.24) is 0 Å². The number of nitrogens with zero attached hydrogens (tertiary/aromatic N) is 1. The molecule has 0 fully saturated rings. The van der Waals surface area contributed by atoms with E-state index in [0.717, 1.165) is 6.42 Å². The lowest BCUT2D eigenvalue weighted by Crippen LogP contribution is -2.09. The van der Waals surface area contributed by atoms with Crippen molar-refractivity contribution in [2.45, 2.75) is 33.2 Å². The monoisotopic (exact) mass is 127 g/mol. The van der Waals surface area contributed by atoms with Gasteiger partial charge in [0.2, 0.25) is 0 Å². The Kier molecular flexibility index (Phi) is 3.93. The molecule has 0 rings (SSSR count). The third kappa shape index (κ3) is 3.88. The van der Waals surface area contributed by atoms with Gasteiger partial charge in [0.15, 0.2) is 5.78 Å². The van der Waals surface area contributed by atoms with Gasteiger partial charge in [-0.3, -0.25) is 9.79 Å². The van der Waals surface area contributed by atoms with Crippen LogP contribution in [0.25, 0.3) is 0 Å². The van der Waals surface area contributed by atoms with Crippen molar-refractivity contribution in [1.29, 1.82) is 0 Å². The van der Waals surface area contributed by atoms with E-state index in [-0.39, 0.29) is 11.8 Å². The van der Waals surface area contributed by atoms with Crippen molar-refractivity contribution in [2.24, 2.45) is 4.99 Å². The molecular formula is C7H13NO. The van der Waals surface area contributed by atoms with E-state index in [0.29, 0.717) is 0 Å². The van der Waals surface area contributed by atoms with Gasteiger partial charge >= 0.3 is 0 Å². The Balaban J connectivity index is 3.62. The lowest BCUT2D eigenvalue weighted by molar-refractivity contribution is -0.117. The van der Waals surface area contributed by atoms with Crippen LogP contribution in [0.1, 0.15) is 27.2 Å². The second kappa shape index (κ2) is 4.24. The first-order valence-corrected chi connectivity index (χ1v) is 3.20. The Morgan fingerprint density at radius 1 is 1.78 bits per heavy atom. The lowest BCUT2D eigenvalue weighted by Gasteiger charge is -1.96. The minimum absolute atomic E-state index is 0.125. The Hall–Kier alpha value is -0.660. The first-order valence-electron chi connectivity index (χ1n) is 3.20. The summed E-state index contributed by atoms with van der Waals surface area (Å²) in [4.78, 5) is 14.5. The molecule has 0 amide bonds. The van der Waals surface area contributed by atoms with Crippen molar-refractivity contribution in [3.63, 3.8) is 0 Å². The van der Waals surface area contributed by atoms with Gasteiger partial charge < -0.3 is 0 Å². The third-order valence-electron chi connectivity index (χ3n) is 1.10. The maximum Gasteiger partial charge on any atom is 0.153 e. The smallest absolute Gasteiger partial charge is 0.153 e. The summed E-state index contributed by atoms with van der Waals surface area (Å²) in [6, 6.07) is -0.148. The maximum absolute atomic E-state index is 10.5. The normalized spacial score (nSPS) is 14.1. The van der Waals surface area contributed by atoms with E-state index >= 15 is 0 Å². The summed E-state index contributed by atoms with van der Waals surface area (Å²) in [5, 5.41) is 0. The molecule has 0 heterocycles. The van der Waals surface area contributed by atoms with Crippen LogP contribution in [0.4, 0.5) is 0 Å². The number of ketones is 1. The number of Topliss-reactive ketones (excluding diaryl/α,β-unsaturated/α-hetero) is 1. The second-order valence-corrected chi connectivity index (χ2v) is 2.03. The molecule has 2 nitrogen and oxygen atoms in total. The Bertz CT molecular complexity index is 118. The standard InChI is InChI=1S/C7H13NO/c1-4-5-8-6(2)7(3)9/h5-6H,4H2,1-3H3/b8-5+. The molecule has 0 bridgehead atoms. The van der Waals surface area contributed by atoms with Gasteiger partial charge in [-0.1, -0.05) is 6.92 Å². The first kappa shape index (κ1) is 8.34. The molecule has 0 saturated heterocycles. The minimum atomic E-state index is -0.148. The van der Waals surface area contributed by atoms with Gasteiger partial charge in [0, 0.05) is 0 Å². The molecule has 0 aliphatic rings. The van der Waals surface area contributed by atoms with Crippen molar-refractivity contribution in [2.75, 3.05) is 0 Å². The zero-order chi connectivity index (χ0) is 7.28. The van der Waals surface area contributed by atoms with Gasteiger partial charge in [-0.25, -0.2) is 0 Å². The number of aliphatic imine (C=N–C) groups is 1. The number of rotatable bonds is 3. The summed E-state index contributed by atoms with van der Waals surface area (Å²) < 4.78 is 0. The highest BCUT2D eigenvalue weighted by Gasteiger charge is 2.00. The van der Waals surface area contributed by atoms with Crippen LogP contribution < -0.4 is 0 Å². The van der Waals surface area contributed by atoms with Gasteiger partial charge in [-0.05, 0) is 26.5 Å². The van der Waals surface area contributed by atoms with E-state index in [9.17, 15) is 4.79 Å². The third-order valence-corrected chi connectivity index (χ3v) is 1.10. The molecule has 0 radical (unpaired) electrons. The fraction of sp³-hybridized carbons (Fsp3) is 0.714. The molecule has 0 aliphatic carbocycles. The average Bonchev–Trinajstić information content (AvgIpc) is 1.82. The summed E-state index contributed by atoms with van der Waals surface area (Å²) in [6.07, 6.45) is 2.67. The molecule has 0 aromatic rings. The Morgan fingerprint density at radius 3 is 2.67 bits per heavy atom. The summed E-state index contributed by atoms with van der Waals surface area (Å²) in [5.74, 6) is 0.125. The lowest BCUT2D eigenvalue weighted by atomic mass is 10.2. The zero-order valence-electron chi connectivity index (χ0n) is 6.22. The highest BCUT2D eigenvalue weighted by molar-refractivity contribution is 5.82. The fourth-order valence-electron chi connectivity index (χ4n) is 0.368. The summed E-state index contributed by atoms with van der Waals surface area (Å²) in [6.45, 7) is 5.35. The van der Waals surface area contributed by atoms with Gasteiger partial charge in [-0.15, -0.1) is 0 Å². The van der Waals surface area contributed by atoms with Crippen molar-refractivity contribution in [3.8, 4) is 0 Å². The van der Waals surface area contributed by atoms with Crippen LogP contribution in [0.15, 0.2) is 4.99 Å². The van der Waals surface area contributed by atoms with Crippen molar-refractivity contribution in [3.05, 3.63) is 0 Å². The highest BCUT2D eigenvalue weighted by Crippen LogP contribution is 1.89. The molecular weight excluding hydrogens is 114 g/mol. The SMILES string of the molecule is CC/C=N/C(C)C(C)=O. The second-order valence-electron chi connectivity index (χ2n) is 2.03. The number of carbonyl (C=O) groups excluding carboxylic acids is 1. The zero-order valence-corrected chi connectivity index (χ0v) is 6.22. The fourth-order valence-corrected chi connectivity index (χ4v) is 0.368. The van der Waals surface area contributed by atoms with Gasteiger partial charge in [0.1, 0.15) is 6.04 Å². The summed E-state index contributed by atoms with van der Waals surface area (Å²) in [7, 11) is 0. The van der Waals surface area contributed by atoms with E-state index in [4.69, 9.17) is 0 Å². The van der Waals surface area contributed by atoms with Gasteiger partial charge in [0.05, 0.1) is 0 Å². The van der Waals surface area contributed by atoms with Crippen LogP contribution in [0, 0.1) is 0 Å². The Morgan fingerprint density at radius 2 is 2.33 bits per heavy atom. The van der Waals surface area contributed by atoms with Crippen molar-refractivity contribution >= 4 is 12.0 Å². The van der Waals surface area contributed by atoms with E-state index < -0.39 is 0 Å². The van der Waals surface area contributed by atoms with Crippen LogP contribution in [0.5, 0.6) is 0 Å². The summed E-state index contributed by atoms with van der Waals surface area (Å²) in [5.41, 5.74) is 0. The molecule has 2 heteroatoms. The largest absolute Gasteiger partial charge is 0.298 e. The van der Waals surface area contributed by atoms with E-state index in [1.807, 2.05) is 6.92 Å². The molecule has 52 valence electrons. The summed E-state index contributed by atoms with van der Waals surface area (Å²) >= 11 is 0. The highest BCUT2D eigenvalue weighted by atomic mass is 16.1. The van der Waals surface area contributed by atoms with Crippen LogP contribution in [0.3, 0.4) is 0 Å². The van der Waals surface area contributed by atoms with E-state index in [2.05, 4.69) is 4.99 Å². The molecule has 1 unspecified atom stereocenters. The first-order chi connectivity index (χ1) is 4.18. The quantitative estimate of drug-likeness (QED) is 0.527. The Labute approximate surface area is 56.0 Å². The maximum atomic E-state index is 10.5. The number of hydrogen-bond acceptors (Lipinski definition) is 2. The molecule has 9 heavy (non-hydrogen) atoms. The van der Waals surface area contributed by atoms with E-state index in [1.165, 1.54) is 0 Å². The van der Waals surface area contributed by atoms with Crippen LogP contribution in [0.2, 0.25) is 0 Å². The molecule has 0 saturated carbocycles. The predicted octanol–water partition coefficient (Wildman–Crippen LogP) is 1.44. The molecule has 1 atom stereocenters. The topological polar surface area (TPSA) is 29.4 Å². The molecule has 0 aromatic heterocycles. The van der Waals surface area contributed by atoms with Crippen LogP contribution >= 0.6 is 0 Å². The number of carbonyl (C=O) groups is 1. The molecule has 0 N–H and O–H groups in total. The van der Waals surface area contributed by atoms with Crippen molar-refractivity contribution < 1.29 is 4.79 Å². The predicted molar refractivity (Wildman–Crippen MR) is 38.9 cm³/mol. The molecule has 0 spiro atoms. The minimum Gasteiger partial charge on any atom is -0.298 e. The molecule has 0 aromatic carbocycles. The van der Waals surface area contributed by atoms with Gasteiger partial charge in [0.25, 0.3) is 0 Å². The van der Waals surface area contributed by atoms with Crippen LogP contribution in [-0.2, 0) is 4.79 Å². The van der Waals surface area contributed by atoms with Gasteiger partial charge in [-0.2, -0.15) is 0 Å². The van der Waals surface area contributed by atoms with E-state index in [1.54, 1.807) is 20.1 Å². The van der Waals surface area contributed by atoms with Crippen LogP contribution in [-0.4, -0.2) is 18.0 Å². The molecule has 0 aliphatic heterocycles.